The lowest BCUT2D eigenvalue weighted by Gasteiger charge is -2.22. The normalized spacial score (nSPS) is 10.8. The van der Waals surface area contributed by atoms with Crippen molar-refractivity contribution in [2.75, 3.05) is 6.54 Å². The van der Waals surface area contributed by atoms with Crippen molar-refractivity contribution < 1.29 is 0 Å². The van der Waals surface area contributed by atoms with Crippen LogP contribution in [0.1, 0.15) is 25.0 Å². The predicted molar refractivity (Wildman–Crippen MR) is 58.2 cm³/mol. The standard InChI is InChI=1S/C11H15N3/c1-9-4-6-10(7-5-9)11(2,3)8-13-14-12/h4-7H,8H2,1-3H3. The molecular formula is C11H15N3. The summed E-state index contributed by atoms with van der Waals surface area (Å²) in [5, 5.41) is 3.62. The molecule has 74 valence electrons. The molecule has 0 fully saturated rings. The van der Waals surface area contributed by atoms with Crippen molar-refractivity contribution in [3.05, 3.63) is 45.8 Å². The molecule has 0 unspecified atom stereocenters. The highest BCUT2D eigenvalue weighted by Crippen LogP contribution is 2.23. The van der Waals surface area contributed by atoms with Gasteiger partial charge in [-0.3, -0.25) is 0 Å². The maximum absolute atomic E-state index is 8.28. The molecule has 14 heavy (non-hydrogen) atoms. The van der Waals surface area contributed by atoms with E-state index in [2.05, 4.69) is 55.1 Å². The molecule has 0 amide bonds. The number of hydrogen-bond donors (Lipinski definition) is 0. The molecule has 0 aliphatic rings. The zero-order valence-corrected chi connectivity index (χ0v) is 8.86. The van der Waals surface area contributed by atoms with E-state index < -0.39 is 0 Å². The Labute approximate surface area is 84.4 Å². The fourth-order valence-electron chi connectivity index (χ4n) is 1.30. The molecule has 0 spiro atoms. The van der Waals surface area contributed by atoms with Gasteiger partial charge >= 0.3 is 0 Å². The number of rotatable bonds is 3. The number of aryl methyl sites for hydroxylation is 1. The molecule has 0 radical (unpaired) electrons. The molecule has 1 aromatic rings. The highest BCUT2D eigenvalue weighted by atomic mass is 15.1. The summed E-state index contributed by atoms with van der Waals surface area (Å²) in [6.45, 7) is 6.70. The first-order valence-corrected chi connectivity index (χ1v) is 4.64. The fraction of sp³-hybridized carbons (Fsp3) is 0.455. The minimum absolute atomic E-state index is 0.0834. The molecule has 0 N–H and O–H groups in total. The second kappa shape index (κ2) is 4.16. The van der Waals surface area contributed by atoms with Crippen LogP contribution in [0, 0.1) is 6.92 Å². The Kier molecular flexibility index (Phi) is 3.15. The number of nitrogens with zero attached hydrogens (tertiary/aromatic N) is 3. The van der Waals surface area contributed by atoms with E-state index in [0.29, 0.717) is 6.54 Å². The molecular weight excluding hydrogens is 174 g/mol. The molecule has 0 aliphatic heterocycles. The Hall–Kier alpha value is -1.47. The van der Waals surface area contributed by atoms with Gasteiger partial charge in [0.1, 0.15) is 0 Å². The first-order valence-electron chi connectivity index (χ1n) is 4.64. The van der Waals surface area contributed by atoms with E-state index in [1.54, 1.807) is 0 Å². The van der Waals surface area contributed by atoms with Crippen LogP contribution in [0.15, 0.2) is 29.4 Å². The van der Waals surface area contributed by atoms with E-state index >= 15 is 0 Å². The Balaban J connectivity index is 2.91. The van der Waals surface area contributed by atoms with Gasteiger partial charge in [0.2, 0.25) is 0 Å². The molecule has 0 bridgehead atoms. The lowest BCUT2D eigenvalue weighted by molar-refractivity contribution is 0.538. The average Bonchev–Trinajstić information content (AvgIpc) is 2.16. The number of benzene rings is 1. The quantitative estimate of drug-likeness (QED) is 0.396. The number of hydrogen-bond acceptors (Lipinski definition) is 1. The van der Waals surface area contributed by atoms with Gasteiger partial charge in [0.25, 0.3) is 0 Å². The fourth-order valence-corrected chi connectivity index (χ4v) is 1.30. The topological polar surface area (TPSA) is 48.8 Å². The Morgan fingerprint density at radius 1 is 1.29 bits per heavy atom. The molecule has 0 heterocycles. The maximum atomic E-state index is 8.28. The largest absolute Gasteiger partial charge is 0.0931 e. The summed E-state index contributed by atoms with van der Waals surface area (Å²) < 4.78 is 0. The average molecular weight is 189 g/mol. The smallest absolute Gasteiger partial charge is 0.0349 e. The monoisotopic (exact) mass is 189 g/mol. The third-order valence-electron chi connectivity index (χ3n) is 2.36. The Morgan fingerprint density at radius 3 is 2.36 bits per heavy atom. The molecule has 0 aliphatic carbocycles. The molecule has 0 saturated heterocycles. The van der Waals surface area contributed by atoms with E-state index in [4.69, 9.17) is 5.53 Å². The first kappa shape index (κ1) is 10.6. The van der Waals surface area contributed by atoms with Crippen LogP contribution in [0.5, 0.6) is 0 Å². The Bertz CT molecular complexity index is 345. The third-order valence-corrected chi connectivity index (χ3v) is 2.36. The zero-order valence-electron chi connectivity index (χ0n) is 8.86. The van der Waals surface area contributed by atoms with Crippen LogP contribution >= 0.6 is 0 Å². The molecule has 3 nitrogen and oxygen atoms in total. The van der Waals surface area contributed by atoms with Gasteiger partial charge in [-0.25, -0.2) is 0 Å². The van der Waals surface area contributed by atoms with Gasteiger partial charge in [0.05, 0.1) is 0 Å². The van der Waals surface area contributed by atoms with Crippen LogP contribution in [0.4, 0.5) is 0 Å². The van der Waals surface area contributed by atoms with E-state index in [0.717, 1.165) is 0 Å². The van der Waals surface area contributed by atoms with Crippen LogP contribution in [0.2, 0.25) is 0 Å². The summed E-state index contributed by atoms with van der Waals surface area (Å²) in [6.07, 6.45) is 0. The first-order chi connectivity index (χ1) is 6.56. The molecule has 0 saturated carbocycles. The summed E-state index contributed by atoms with van der Waals surface area (Å²) in [4.78, 5) is 2.79. The van der Waals surface area contributed by atoms with Crippen molar-refractivity contribution in [2.24, 2.45) is 5.11 Å². The SMILES string of the molecule is Cc1ccc(C(C)(C)CN=[N+]=[N-])cc1. The molecule has 1 aromatic carbocycles. The van der Waals surface area contributed by atoms with Crippen molar-refractivity contribution in [2.45, 2.75) is 26.2 Å². The van der Waals surface area contributed by atoms with Gasteiger partial charge in [-0.1, -0.05) is 48.8 Å². The minimum atomic E-state index is -0.0834. The van der Waals surface area contributed by atoms with Crippen molar-refractivity contribution in [1.82, 2.24) is 0 Å². The second-order valence-electron chi connectivity index (χ2n) is 4.14. The van der Waals surface area contributed by atoms with Gasteiger partial charge in [-0.2, -0.15) is 0 Å². The van der Waals surface area contributed by atoms with Crippen LogP contribution in [0.25, 0.3) is 10.4 Å². The Morgan fingerprint density at radius 2 is 1.86 bits per heavy atom. The summed E-state index contributed by atoms with van der Waals surface area (Å²) in [7, 11) is 0. The summed E-state index contributed by atoms with van der Waals surface area (Å²) in [6, 6.07) is 8.32. The van der Waals surface area contributed by atoms with Gasteiger partial charge in [0, 0.05) is 11.5 Å². The van der Waals surface area contributed by atoms with Crippen molar-refractivity contribution in [3.8, 4) is 0 Å². The summed E-state index contributed by atoms with van der Waals surface area (Å²) in [5.74, 6) is 0. The molecule has 0 aromatic heterocycles. The predicted octanol–water partition coefficient (Wildman–Crippen LogP) is 3.58. The van der Waals surface area contributed by atoms with Gasteiger partial charge in [0.15, 0.2) is 0 Å². The minimum Gasteiger partial charge on any atom is -0.0931 e. The molecule has 3 heteroatoms. The van der Waals surface area contributed by atoms with E-state index in [9.17, 15) is 0 Å². The van der Waals surface area contributed by atoms with Crippen LogP contribution in [0.3, 0.4) is 0 Å². The van der Waals surface area contributed by atoms with Crippen molar-refractivity contribution in [1.29, 1.82) is 0 Å². The van der Waals surface area contributed by atoms with Gasteiger partial charge < -0.3 is 0 Å². The van der Waals surface area contributed by atoms with Crippen molar-refractivity contribution in [3.63, 3.8) is 0 Å². The highest BCUT2D eigenvalue weighted by Gasteiger charge is 2.18. The van der Waals surface area contributed by atoms with E-state index in [1.165, 1.54) is 11.1 Å². The van der Waals surface area contributed by atoms with Crippen LogP contribution in [-0.4, -0.2) is 6.54 Å². The van der Waals surface area contributed by atoms with Gasteiger partial charge in [-0.15, -0.1) is 0 Å². The number of azide groups is 1. The van der Waals surface area contributed by atoms with E-state index in [1.807, 2.05) is 0 Å². The second-order valence-corrected chi connectivity index (χ2v) is 4.14. The highest BCUT2D eigenvalue weighted by molar-refractivity contribution is 5.27. The zero-order chi connectivity index (χ0) is 10.6. The lowest BCUT2D eigenvalue weighted by atomic mass is 9.84. The van der Waals surface area contributed by atoms with E-state index in [-0.39, 0.29) is 5.41 Å². The lowest BCUT2D eigenvalue weighted by Crippen LogP contribution is -2.20. The third kappa shape index (κ3) is 2.51. The van der Waals surface area contributed by atoms with Gasteiger partial charge in [-0.05, 0) is 23.4 Å². The van der Waals surface area contributed by atoms with Crippen LogP contribution < -0.4 is 0 Å². The molecule has 1 rings (SSSR count). The van der Waals surface area contributed by atoms with Crippen molar-refractivity contribution >= 4 is 0 Å². The summed E-state index contributed by atoms with van der Waals surface area (Å²) >= 11 is 0. The maximum Gasteiger partial charge on any atom is 0.0349 e. The molecule has 0 atom stereocenters. The van der Waals surface area contributed by atoms with Crippen LogP contribution in [-0.2, 0) is 5.41 Å². The summed E-state index contributed by atoms with van der Waals surface area (Å²) in [5.41, 5.74) is 10.6.